The Morgan fingerprint density at radius 2 is 1.26 bits per heavy atom. The first kappa shape index (κ1) is 15.3. The third kappa shape index (κ3) is 3.14. The molecule has 6 unspecified atom stereocenters. The van der Waals surface area contributed by atoms with Crippen LogP contribution < -0.4 is 11.5 Å². The van der Waals surface area contributed by atoms with Gasteiger partial charge >= 0.3 is 0 Å². The number of sulfone groups is 1. The van der Waals surface area contributed by atoms with Crippen LogP contribution in [-0.2, 0) is 9.84 Å². The van der Waals surface area contributed by atoms with Crippen molar-refractivity contribution in [3.05, 3.63) is 12.8 Å². The lowest BCUT2D eigenvalue weighted by molar-refractivity contribution is 0.364. The van der Waals surface area contributed by atoms with Gasteiger partial charge in [-0.25, -0.2) is 8.42 Å². The molecule has 2 radical (unpaired) electrons. The van der Waals surface area contributed by atoms with E-state index in [9.17, 15) is 8.42 Å². The normalized spacial score (nSPS) is 45.1. The van der Waals surface area contributed by atoms with Crippen molar-refractivity contribution in [2.75, 3.05) is 0 Å². The Bertz CT molecular complexity index is 378. The molecule has 0 aliphatic heterocycles. The summed E-state index contributed by atoms with van der Waals surface area (Å²) in [6.07, 6.45) is 6.58. The molecule has 2 aliphatic rings. The second kappa shape index (κ2) is 5.70. The third-order valence-electron chi connectivity index (χ3n) is 4.86. The van der Waals surface area contributed by atoms with Crippen molar-refractivity contribution in [1.82, 2.24) is 0 Å². The first-order valence-corrected chi connectivity index (χ1v) is 8.83. The number of nitrogens with two attached hydrogens (primary N) is 2. The molecule has 0 amide bonds. The van der Waals surface area contributed by atoms with Crippen LogP contribution in [-0.4, -0.2) is 31.0 Å². The third-order valence-corrected chi connectivity index (χ3v) is 7.31. The van der Waals surface area contributed by atoms with E-state index in [1.54, 1.807) is 0 Å². The van der Waals surface area contributed by atoms with Crippen molar-refractivity contribution in [2.24, 2.45) is 23.3 Å². The van der Waals surface area contributed by atoms with Gasteiger partial charge in [-0.1, -0.05) is 13.8 Å². The lowest BCUT2D eigenvalue weighted by atomic mass is 9.86. The molecule has 0 spiro atoms. The van der Waals surface area contributed by atoms with E-state index in [0.29, 0.717) is 24.7 Å². The molecule has 0 heterocycles. The van der Waals surface area contributed by atoms with E-state index in [0.717, 1.165) is 12.8 Å². The van der Waals surface area contributed by atoms with Crippen LogP contribution in [0.15, 0.2) is 0 Å². The van der Waals surface area contributed by atoms with Gasteiger partial charge in [0.25, 0.3) is 0 Å². The van der Waals surface area contributed by atoms with E-state index in [1.807, 2.05) is 12.8 Å². The molecule has 0 saturated heterocycles. The van der Waals surface area contributed by atoms with Gasteiger partial charge in [-0.3, -0.25) is 0 Å². The summed E-state index contributed by atoms with van der Waals surface area (Å²) in [5.41, 5.74) is 12.0. The number of hydrogen-bond donors (Lipinski definition) is 2. The van der Waals surface area contributed by atoms with Crippen LogP contribution in [0.5, 0.6) is 0 Å². The van der Waals surface area contributed by atoms with Crippen molar-refractivity contribution in [2.45, 2.75) is 62.1 Å². The van der Waals surface area contributed by atoms with Gasteiger partial charge < -0.3 is 11.5 Å². The van der Waals surface area contributed by atoms with Gasteiger partial charge in [0.05, 0.1) is 10.5 Å². The van der Waals surface area contributed by atoms with Gasteiger partial charge in [0.2, 0.25) is 0 Å². The molecule has 4 nitrogen and oxygen atoms in total. The molecule has 4 N–H and O–H groups in total. The largest absolute Gasteiger partial charge is 0.327 e. The van der Waals surface area contributed by atoms with Gasteiger partial charge in [-0.2, -0.15) is 0 Å². The standard InChI is InChI=1S/C14H26N2O2S/c1-9-3-5-11(7-13(9)15)19(17,18)12-6-4-10(2)14(16)8-12/h5-6,9-14H,3-4,7-8,15-16H2,1-2H3. The molecule has 2 aliphatic carbocycles. The molecular formula is C14H26N2O2S. The van der Waals surface area contributed by atoms with Crippen molar-refractivity contribution in [3.8, 4) is 0 Å². The van der Waals surface area contributed by atoms with Gasteiger partial charge in [0.15, 0.2) is 9.84 Å². The summed E-state index contributed by atoms with van der Waals surface area (Å²) in [4.78, 5) is 0. The lowest BCUT2D eigenvalue weighted by Crippen LogP contribution is -2.47. The van der Waals surface area contributed by atoms with E-state index in [-0.39, 0.29) is 22.6 Å². The molecule has 2 rings (SSSR count). The molecule has 0 aromatic carbocycles. The number of hydrogen-bond acceptors (Lipinski definition) is 4. The van der Waals surface area contributed by atoms with Crippen LogP contribution in [0.4, 0.5) is 0 Å². The summed E-state index contributed by atoms with van der Waals surface area (Å²) in [5.74, 6) is 0.758. The Hall–Kier alpha value is -0.130. The van der Waals surface area contributed by atoms with Crippen LogP contribution in [0.1, 0.15) is 39.5 Å². The van der Waals surface area contributed by atoms with Crippen LogP contribution in [0.25, 0.3) is 0 Å². The highest BCUT2D eigenvalue weighted by atomic mass is 32.2. The van der Waals surface area contributed by atoms with Gasteiger partial charge in [-0.05, 0) is 50.4 Å². The molecule has 2 fully saturated rings. The number of rotatable bonds is 2. The summed E-state index contributed by atoms with van der Waals surface area (Å²) < 4.78 is 25.3. The zero-order valence-electron chi connectivity index (χ0n) is 11.8. The van der Waals surface area contributed by atoms with Crippen LogP contribution in [0.2, 0.25) is 0 Å². The second-order valence-corrected chi connectivity index (χ2v) is 8.75. The highest BCUT2D eigenvalue weighted by molar-refractivity contribution is 7.92. The minimum absolute atomic E-state index is 0.0130. The molecular weight excluding hydrogens is 260 g/mol. The predicted octanol–water partition coefficient (Wildman–Crippen LogP) is 1.06. The molecule has 0 bridgehead atoms. The molecule has 19 heavy (non-hydrogen) atoms. The summed E-state index contributed by atoms with van der Waals surface area (Å²) in [6, 6.07) is -0.0260. The average molecular weight is 286 g/mol. The van der Waals surface area contributed by atoms with E-state index in [4.69, 9.17) is 11.5 Å². The molecule has 110 valence electrons. The maximum Gasteiger partial charge on any atom is 0.156 e. The van der Waals surface area contributed by atoms with Gasteiger partial charge in [-0.15, -0.1) is 0 Å². The Labute approximate surface area is 117 Å². The lowest BCUT2D eigenvalue weighted by Gasteiger charge is -2.37. The van der Waals surface area contributed by atoms with Crippen molar-refractivity contribution < 1.29 is 8.42 Å². The Balaban J connectivity index is 2.06. The van der Waals surface area contributed by atoms with Crippen molar-refractivity contribution >= 4 is 9.84 Å². The molecule has 2 saturated carbocycles. The highest BCUT2D eigenvalue weighted by Crippen LogP contribution is 2.34. The zero-order chi connectivity index (χ0) is 14.2. The van der Waals surface area contributed by atoms with Gasteiger partial charge in [0, 0.05) is 12.1 Å². The zero-order valence-corrected chi connectivity index (χ0v) is 12.6. The topological polar surface area (TPSA) is 86.2 Å². The molecule has 0 aromatic heterocycles. The summed E-state index contributed by atoms with van der Waals surface area (Å²) in [7, 11) is -3.17. The first-order chi connectivity index (χ1) is 8.82. The van der Waals surface area contributed by atoms with E-state index < -0.39 is 9.84 Å². The summed E-state index contributed by atoms with van der Waals surface area (Å²) in [5, 5.41) is -0.777. The fraction of sp³-hybridized carbons (Fsp3) is 0.857. The summed E-state index contributed by atoms with van der Waals surface area (Å²) in [6.45, 7) is 4.16. The van der Waals surface area contributed by atoms with Crippen molar-refractivity contribution in [3.63, 3.8) is 0 Å². The molecule has 6 atom stereocenters. The smallest absolute Gasteiger partial charge is 0.156 e. The Morgan fingerprint density at radius 1 is 0.895 bits per heavy atom. The van der Waals surface area contributed by atoms with Gasteiger partial charge in [0.1, 0.15) is 0 Å². The minimum Gasteiger partial charge on any atom is -0.327 e. The predicted molar refractivity (Wildman–Crippen MR) is 77.8 cm³/mol. The molecule has 0 aromatic rings. The van der Waals surface area contributed by atoms with Crippen molar-refractivity contribution in [1.29, 1.82) is 0 Å². The van der Waals surface area contributed by atoms with E-state index in [2.05, 4.69) is 13.8 Å². The van der Waals surface area contributed by atoms with E-state index in [1.165, 1.54) is 0 Å². The fourth-order valence-corrected chi connectivity index (χ4v) is 5.23. The maximum atomic E-state index is 12.7. The van der Waals surface area contributed by atoms with Crippen LogP contribution >= 0.6 is 0 Å². The maximum absolute atomic E-state index is 12.7. The minimum atomic E-state index is -3.17. The first-order valence-electron chi connectivity index (χ1n) is 7.23. The highest BCUT2D eigenvalue weighted by Gasteiger charge is 2.41. The SMILES string of the molecule is CC1C[CH]C(S(=O)(=O)C2[CH]CC(C)C(N)C2)CC1N. The summed E-state index contributed by atoms with van der Waals surface area (Å²) >= 11 is 0. The van der Waals surface area contributed by atoms with Crippen LogP contribution in [0, 0.1) is 24.7 Å². The Morgan fingerprint density at radius 3 is 1.58 bits per heavy atom. The fourth-order valence-electron chi connectivity index (χ4n) is 3.04. The van der Waals surface area contributed by atoms with Crippen LogP contribution in [0.3, 0.4) is 0 Å². The van der Waals surface area contributed by atoms with E-state index >= 15 is 0 Å². The quantitative estimate of drug-likeness (QED) is 0.795. The Kier molecular flexibility index (Phi) is 4.58. The monoisotopic (exact) mass is 286 g/mol. The average Bonchev–Trinajstić information content (AvgIpc) is 2.35. The second-order valence-electron chi connectivity index (χ2n) is 6.36. The molecule has 5 heteroatoms.